The Hall–Kier alpha value is -0.460. The molecule has 1 N–H and O–H groups in total. The standard InChI is InChI=1S/C3H6O5S/c1-2(4)3(5)9(6,7)8/h3,5H,1H3,(H,6,7,8)/p-1. The zero-order chi connectivity index (χ0) is 7.65. The fraction of sp³-hybridized carbons (Fsp3) is 0.667. The maximum Gasteiger partial charge on any atom is 0.202 e. The Morgan fingerprint density at radius 2 is 2.00 bits per heavy atom. The van der Waals surface area contributed by atoms with E-state index in [9.17, 15) is 17.8 Å². The first-order valence-electron chi connectivity index (χ1n) is 1.99. The lowest BCUT2D eigenvalue weighted by Gasteiger charge is -2.09. The number of ketones is 1. The Labute approximate surface area is 52.1 Å². The largest absolute Gasteiger partial charge is 0.746 e. The van der Waals surface area contributed by atoms with E-state index in [1.807, 2.05) is 0 Å². The Bertz CT molecular complexity index is 202. The average Bonchev–Trinajstić information content (AvgIpc) is 1.62. The number of carbonyl (C=O) groups is 1. The van der Waals surface area contributed by atoms with Crippen molar-refractivity contribution in [2.75, 3.05) is 0 Å². The normalized spacial score (nSPS) is 15.0. The summed E-state index contributed by atoms with van der Waals surface area (Å²) in [6.45, 7) is 0.820. The highest BCUT2D eigenvalue weighted by Gasteiger charge is 2.16. The summed E-state index contributed by atoms with van der Waals surface area (Å²) in [5.41, 5.74) is -2.41. The Morgan fingerprint density at radius 3 is 2.00 bits per heavy atom. The van der Waals surface area contributed by atoms with Gasteiger partial charge < -0.3 is 9.66 Å². The van der Waals surface area contributed by atoms with Crippen LogP contribution in [0.15, 0.2) is 0 Å². The lowest BCUT2D eigenvalue weighted by atomic mass is 10.5. The molecule has 0 spiro atoms. The third-order valence-corrected chi connectivity index (χ3v) is 1.50. The van der Waals surface area contributed by atoms with Gasteiger partial charge >= 0.3 is 0 Å². The second-order valence-corrected chi connectivity index (χ2v) is 2.89. The van der Waals surface area contributed by atoms with Gasteiger partial charge in [0.05, 0.1) is 0 Å². The third-order valence-electron chi connectivity index (χ3n) is 0.621. The molecule has 9 heavy (non-hydrogen) atoms. The van der Waals surface area contributed by atoms with Gasteiger partial charge in [-0.1, -0.05) is 0 Å². The van der Waals surface area contributed by atoms with Crippen molar-refractivity contribution in [3.8, 4) is 0 Å². The van der Waals surface area contributed by atoms with Gasteiger partial charge in [0, 0.05) is 0 Å². The highest BCUT2D eigenvalue weighted by Crippen LogP contribution is 1.93. The van der Waals surface area contributed by atoms with E-state index >= 15 is 0 Å². The summed E-state index contributed by atoms with van der Waals surface area (Å²) in [7, 11) is -4.85. The van der Waals surface area contributed by atoms with Crippen LogP contribution in [0.2, 0.25) is 0 Å². The second kappa shape index (κ2) is 2.42. The van der Waals surface area contributed by atoms with Gasteiger partial charge in [0.25, 0.3) is 0 Å². The van der Waals surface area contributed by atoms with Crippen molar-refractivity contribution in [2.45, 2.75) is 12.4 Å². The summed E-state index contributed by atoms with van der Waals surface area (Å²) in [4.78, 5) is 9.96. The lowest BCUT2D eigenvalue weighted by Crippen LogP contribution is -2.27. The molecule has 0 saturated carbocycles. The molecule has 0 aromatic carbocycles. The van der Waals surface area contributed by atoms with Crippen LogP contribution < -0.4 is 0 Å². The van der Waals surface area contributed by atoms with Gasteiger partial charge in [-0.2, -0.15) is 0 Å². The van der Waals surface area contributed by atoms with Crippen LogP contribution in [0, 0.1) is 0 Å². The molecule has 0 rings (SSSR count). The molecule has 0 fully saturated rings. The van der Waals surface area contributed by atoms with Gasteiger partial charge in [-0.3, -0.25) is 4.79 Å². The molecular weight excluding hydrogens is 148 g/mol. The highest BCUT2D eigenvalue weighted by atomic mass is 32.2. The Balaban J connectivity index is 4.43. The van der Waals surface area contributed by atoms with Crippen molar-refractivity contribution in [3.63, 3.8) is 0 Å². The fourth-order valence-corrected chi connectivity index (χ4v) is 0.610. The SMILES string of the molecule is CC(=O)C(O)S(=O)(=O)[O-]. The first-order valence-corrected chi connectivity index (χ1v) is 3.46. The molecule has 0 aromatic heterocycles. The Kier molecular flexibility index (Phi) is 2.30. The zero-order valence-corrected chi connectivity index (χ0v) is 5.38. The first kappa shape index (κ1) is 8.54. The van der Waals surface area contributed by atoms with Gasteiger partial charge in [-0.05, 0) is 6.92 Å². The van der Waals surface area contributed by atoms with E-state index in [1.54, 1.807) is 0 Å². The van der Waals surface area contributed by atoms with Crippen LogP contribution in [0.4, 0.5) is 0 Å². The molecule has 0 amide bonds. The molecule has 1 atom stereocenters. The Morgan fingerprint density at radius 1 is 1.67 bits per heavy atom. The van der Waals surface area contributed by atoms with Gasteiger partial charge in [0.2, 0.25) is 5.44 Å². The molecule has 0 radical (unpaired) electrons. The monoisotopic (exact) mass is 153 g/mol. The van der Waals surface area contributed by atoms with Crippen LogP contribution in [-0.4, -0.2) is 29.3 Å². The van der Waals surface area contributed by atoms with Crippen LogP contribution >= 0.6 is 0 Å². The molecule has 0 bridgehead atoms. The molecule has 0 aliphatic carbocycles. The van der Waals surface area contributed by atoms with Crippen molar-refractivity contribution >= 4 is 15.9 Å². The number of aliphatic hydroxyl groups excluding tert-OH is 1. The van der Waals surface area contributed by atoms with Gasteiger partial charge in [-0.25, -0.2) is 8.42 Å². The van der Waals surface area contributed by atoms with Crippen molar-refractivity contribution < 1.29 is 22.9 Å². The second-order valence-electron chi connectivity index (χ2n) is 1.46. The summed E-state index contributed by atoms with van der Waals surface area (Å²) >= 11 is 0. The summed E-state index contributed by atoms with van der Waals surface area (Å²) < 4.78 is 29.2. The lowest BCUT2D eigenvalue weighted by molar-refractivity contribution is -0.121. The highest BCUT2D eigenvalue weighted by molar-refractivity contribution is 7.86. The van der Waals surface area contributed by atoms with Gasteiger partial charge in [0.1, 0.15) is 10.1 Å². The van der Waals surface area contributed by atoms with Crippen molar-refractivity contribution in [3.05, 3.63) is 0 Å². The third kappa shape index (κ3) is 2.54. The smallest absolute Gasteiger partial charge is 0.202 e. The van der Waals surface area contributed by atoms with Crippen molar-refractivity contribution in [2.24, 2.45) is 0 Å². The summed E-state index contributed by atoms with van der Waals surface area (Å²) in [5, 5.41) is 8.21. The number of hydrogen-bond acceptors (Lipinski definition) is 5. The van der Waals surface area contributed by atoms with Crippen LogP contribution in [0.25, 0.3) is 0 Å². The van der Waals surface area contributed by atoms with Crippen LogP contribution in [0.3, 0.4) is 0 Å². The van der Waals surface area contributed by atoms with E-state index in [1.165, 1.54) is 0 Å². The quantitative estimate of drug-likeness (QED) is 0.484. The van der Waals surface area contributed by atoms with Gasteiger partial charge in [-0.15, -0.1) is 0 Å². The van der Waals surface area contributed by atoms with E-state index in [-0.39, 0.29) is 0 Å². The fourth-order valence-electron chi connectivity index (χ4n) is 0.203. The minimum Gasteiger partial charge on any atom is -0.746 e. The molecule has 0 heterocycles. The topological polar surface area (TPSA) is 94.5 Å². The summed E-state index contributed by atoms with van der Waals surface area (Å²) in [6.07, 6.45) is 0. The number of aliphatic hydroxyl groups is 1. The molecule has 0 saturated heterocycles. The molecule has 0 aromatic rings. The minimum atomic E-state index is -4.85. The number of rotatable bonds is 2. The van der Waals surface area contributed by atoms with E-state index in [0.717, 1.165) is 6.92 Å². The predicted octanol–water partition coefficient (Wildman–Crippen LogP) is -1.56. The van der Waals surface area contributed by atoms with Crippen LogP contribution in [0.5, 0.6) is 0 Å². The summed E-state index contributed by atoms with van der Waals surface area (Å²) in [6, 6.07) is 0. The van der Waals surface area contributed by atoms with E-state index in [2.05, 4.69) is 0 Å². The number of hydrogen-bond donors (Lipinski definition) is 1. The minimum absolute atomic E-state index is 0.820. The molecule has 6 heteroatoms. The summed E-state index contributed by atoms with van der Waals surface area (Å²) in [5.74, 6) is -1.06. The van der Waals surface area contributed by atoms with Crippen LogP contribution in [-0.2, 0) is 14.9 Å². The molecule has 1 unspecified atom stereocenters. The van der Waals surface area contributed by atoms with E-state index < -0.39 is 21.3 Å². The van der Waals surface area contributed by atoms with Crippen LogP contribution in [0.1, 0.15) is 6.92 Å². The van der Waals surface area contributed by atoms with E-state index in [0.29, 0.717) is 0 Å². The maximum atomic E-state index is 9.96. The molecular formula is C3H5O5S-. The number of Topliss-reactive ketones (excluding diaryl/α,β-unsaturated/α-hetero) is 1. The van der Waals surface area contributed by atoms with Crippen molar-refractivity contribution in [1.82, 2.24) is 0 Å². The van der Waals surface area contributed by atoms with Gasteiger partial charge in [0.15, 0.2) is 5.78 Å². The average molecular weight is 153 g/mol. The molecule has 5 nitrogen and oxygen atoms in total. The number of carbonyl (C=O) groups excluding carboxylic acids is 1. The molecule has 0 aliphatic heterocycles. The zero-order valence-electron chi connectivity index (χ0n) is 4.57. The predicted molar refractivity (Wildman–Crippen MR) is 26.4 cm³/mol. The van der Waals surface area contributed by atoms with Crippen molar-refractivity contribution in [1.29, 1.82) is 0 Å². The first-order chi connectivity index (χ1) is 3.85. The molecule has 54 valence electrons. The maximum absolute atomic E-state index is 9.96. The molecule has 0 aliphatic rings. The van der Waals surface area contributed by atoms with E-state index in [4.69, 9.17) is 5.11 Å².